The summed E-state index contributed by atoms with van der Waals surface area (Å²) in [5.41, 5.74) is -2.10. The topological polar surface area (TPSA) is 106 Å². The molecule has 4 aromatic carbocycles. The molecule has 0 fully saturated rings. The van der Waals surface area contributed by atoms with Crippen LogP contribution in [-0.2, 0) is 15.4 Å². The maximum atomic E-state index is 13.5. The van der Waals surface area contributed by atoms with Crippen molar-refractivity contribution in [3.8, 4) is 28.7 Å². The van der Waals surface area contributed by atoms with Gasteiger partial charge in [-0.3, -0.25) is 10.1 Å². The number of hydrogen-bond acceptors (Lipinski definition) is 8. The molecule has 0 saturated carbocycles. The van der Waals surface area contributed by atoms with Crippen molar-refractivity contribution in [3.63, 3.8) is 0 Å². The molecule has 1 unspecified atom stereocenters. The second kappa shape index (κ2) is 11.2. The zero-order chi connectivity index (χ0) is 27.2. The molecular weight excluding hydrogens is 530 g/mol. The van der Waals surface area contributed by atoms with Gasteiger partial charge in [0.1, 0.15) is 28.6 Å². The number of benzene rings is 4. The highest BCUT2D eigenvalue weighted by Gasteiger charge is 2.37. The SMILES string of the molecule is O=[N+]([O-])c1ccc(Oc2cccc(OP(=O)(OOc3ccccc3)Oc3ccccc3)c2)c(C(F)(F)F)c1. The van der Waals surface area contributed by atoms with Gasteiger partial charge in [0.25, 0.3) is 5.69 Å². The number of ether oxygens (including phenoxy) is 1. The van der Waals surface area contributed by atoms with Crippen LogP contribution in [0, 0.1) is 10.1 Å². The van der Waals surface area contributed by atoms with Crippen molar-refractivity contribution in [1.82, 2.24) is 0 Å². The van der Waals surface area contributed by atoms with E-state index in [4.69, 9.17) is 23.3 Å². The molecule has 38 heavy (non-hydrogen) atoms. The Balaban J connectivity index is 1.59. The second-order valence-electron chi connectivity index (χ2n) is 7.43. The number of phosphoric ester groups is 1. The van der Waals surface area contributed by atoms with E-state index in [1.165, 1.54) is 42.5 Å². The van der Waals surface area contributed by atoms with Crippen LogP contribution in [0.5, 0.6) is 28.7 Å². The molecule has 0 aliphatic carbocycles. The van der Waals surface area contributed by atoms with Crippen molar-refractivity contribution >= 4 is 13.5 Å². The van der Waals surface area contributed by atoms with Crippen LogP contribution >= 0.6 is 7.82 Å². The molecule has 0 bridgehead atoms. The quantitative estimate of drug-likeness (QED) is 0.0851. The second-order valence-corrected chi connectivity index (χ2v) is 8.83. The zero-order valence-electron chi connectivity index (χ0n) is 19.1. The average molecular weight is 547 g/mol. The maximum absolute atomic E-state index is 13.5. The number of rotatable bonds is 10. The molecule has 0 heterocycles. The van der Waals surface area contributed by atoms with E-state index in [9.17, 15) is 27.9 Å². The summed E-state index contributed by atoms with van der Waals surface area (Å²) in [6.45, 7) is 0. The first-order chi connectivity index (χ1) is 18.1. The molecule has 0 amide bonds. The third-order valence-electron chi connectivity index (χ3n) is 4.66. The van der Waals surface area contributed by atoms with E-state index in [1.807, 2.05) is 0 Å². The summed E-state index contributed by atoms with van der Waals surface area (Å²) < 4.78 is 75.2. The van der Waals surface area contributed by atoms with Gasteiger partial charge in [-0.2, -0.15) is 13.2 Å². The molecule has 0 aliphatic rings. The zero-order valence-corrected chi connectivity index (χ0v) is 20.0. The first-order valence-corrected chi connectivity index (χ1v) is 12.2. The lowest BCUT2D eigenvalue weighted by atomic mass is 10.1. The summed E-state index contributed by atoms with van der Waals surface area (Å²) in [6, 6.07) is 23.2. The molecular formula is C25H17F3NO8P. The third kappa shape index (κ3) is 7.02. The van der Waals surface area contributed by atoms with Crippen molar-refractivity contribution in [2.24, 2.45) is 0 Å². The highest BCUT2D eigenvalue weighted by Crippen LogP contribution is 2.50. The predicted molar refractivity (Wildman–Crippen MR) is 128 cm³/mol. The van der Waals surface area contributed by atoms with Crippen molar-refractivity contribution in [3.05, 3.63) is 119 Å². The largest absolute Gasteiger partial charge is 0.625 e. The van der Waals surface area contributed by atoms with Gasteiger partial charge >= 0.3 is 14.0 Å². The minimum absolute atomic E-state index is 0.126. The highest BCUT2D eigenvalue weighted by atomic mass is 31.2. The van der Waals surface area contributed by atoms with E-state index in [-0.39, 0.29) is 23.0 Å². The predicted octanol–water partition coefficient (Wildman–Crippen LogP) is 7.98. The van der Waals surface area contributed by atoms with Crippen LogP contribution in [0.3, 0.4) is 0 Å². The molecule has 196 valence electrons. The lowest BCUT2D eigenvalue weighted by molar-refractivity contribution is -0.385. The number of para-hydroxylation sites is 2. The first kappa shape index (κ1) is 26.5. The van der Waals surface area contributed by atoms with Crippen molar-refractivity contribution in [2.75, 3.05) is 0 Å². The molecule has 0 saturated heterocycles. The van der Waals surface area contributed by atoms with E-state index < -0.39 is 35.9 Å². The molecule has 0 spiro atoms. The number of halogens is 3. The Morgan fingerprint density at radius 3 is 1.92 bits per heavy atom. The summed E-state index contributed by atoms with van der Waals surface area (Å²) in [4.78, 5) is 15.1. The van der Waals surface area contributed by atoms with E-state index in [1.54, 1.807) is 36.4 Å². The smallest absolute Gasteiger partial charge is 0.457 e. The number of hydrogen-bond donors (Lipinski definition) is 0. The number of nitro groups is 1. The summed E-state index contributed by atoms with van der Waals surface area (Å²) in [7, 11) is -4.52. The van der Waals surface area contributed by atoms with Gasteiger partial charge in [-0.1, -0.05) is 47.1 Å². The summed E-state index contributed by atoms with van der Waals surface area (Å²) in [5.74, 6) is -0.679. The minimum Gasteiger partial charge on any atom is -0.457 e. The summed E-state index contributed by atoms with van der Waals surface area (Å²) >= 11 is 0. The van der Waals surface area contributed by atoms with Gasteiger partial charge in [0.05, 0.1) is 4.92 Å². The van der Waals surface area contributed by atoms with E-state index in [2.05, 4.69) is 0 Å². The lowest BCUT2D eigenvalue weighted by Gasteiger charge is -2.18. The number of nitro benzene ring substituents is 1. The Morgan fingerprint density at radius 1 is 0.711 bits per heavy atom. The fraction of sp³-hybridized carbons (Fsp3) is 0.0400. The first-order valence-electron chi connectivity index (χ1n) is 10.7. The van der Waals surface area contributed by atoms with Gasteiger partial charge in [0.2, 0.25) is 0 Å². The van der Waals surface area contributed by atoms with E-state index in [0.29, 0.717) is 6.07 Å². The van der Waals surface area contributed by atoms with Crippen LogP contribution in [-0.4, -0.2) is 4.92 Å². The monoisotopic (exact) mass is 547 g/mol. The molecule has 9 nitrogen and oxygen atoms in total. The van der Waals surface area contributed by atoms with Gasteiger partial charge in [-0.15, -0.1) is 0 Å². The number of alkyl halides is 3. The molecule has 1 atom stereocenters. The van der Waals surface area contributed by atoms with Gasteiger partial charge < -0.3 is 18.7 Å². The Kier molecular flexibility index (Phi) is 7.85. The van der Waals surface area contributed by atoms with E-state index in [0.717, 1.165) is 18.2 Å². The fourth-order valence-corrected chi connectivity index (χ4v) is 4.04. The molecule has 4 rings (SSSR count). The highest BCUT2D eigenvalue weighted by molar-refractivity contribution is 7.49. The van der Waals surface area contributed by atoms with Gasteiger partial charge in [-0.25, -0.2) is 4.57 Å². The van der Waals surface area contributed by atoms with Gasteiger partial charge in [-0.05, 0) is 42.5 Å². The molecule has 0 aromatic heterocycles. The lowest BCUT2D eigenvalue weighted by Crippen LogP contribution is -2.08. The van der Waals surface area contributed by atoms with E-state index >= 15 is 0 Å². The third-order valence-corrected chi connectivity index (χ3v) is 5.78. The maximum Gasteiger partial charge on any atom is 0.625 e. The van der Waals surface area contributed by atoms with Crippen LogP contribution in [0.4, 0.5) is 18.9 Å². The normalized spacial score (nSPS) is 12.7. The molecule has 4 aromatic rings. The molecule has 0 N–H and O–H groups in total. The molecule has 0 radical (unpaired) electrons. The van der Waals surface area contributed by atoms with Gasteiger partial charge in [0, 0.05) is 18.2 Å². The standard InChI is InChI=1S/C25H17F3NO8P/c26-25(27,28)23-16-18(29(30)31)14-15-24(23)33-21-12-7-13-22(17-21)36-38(32,35-20-10-5-2-6-11-20)37-34-19-8-3-1-4-9-19/h1-17H. The Hall–Kier alpha value is -4.54. The van der Waals surface area contributed by atoms with Gasteiger partial charge in [0.15, 0.2) is 5.75 Å². The van der Waals surface area contributed by atoms with Crippen LogP contribution in [0.15, 0.2) is 103 Å². The Labute approximate surface area is 213 Å². The van der Waals surface area contributed by atoms with Crippen LogP contribution < -0.4 is 18.7 Å². The van der Waals surface area contributed by atoms with Crippen molar-refractivity contribution < 1.29 is 46.0 Å². The van der Waals surface area contributed by atoms with Crippen LogP contribution in [0.2, 0.25) is 0 Å². The summed E-state index contributed by atoms with van der Waals surface area (Å²) in [6.07, 6.45) is -4.93. The molecule has 0 aliphatic heterocycles. The number of phosphoric acid groups is 1. The average Bonchev–Trinajstić information content (AvgIpc) is 2.88. The Bertz CT molecular complexity index is 1450. The van der Waals surface area contributed by atoms with Crippen molar-refractivity contribution in [1.29, 1.82) is 0 Å². The van der Waals surface area contributed by atoms with Crippen molar-refractivity contribution in [2.45, 2.75) is 6.18 Å². The minimum atomic E-state index is -4.93. The van der Waals surface area contributed by atoms with Crippen LogP contribution in [0.1, 0.15) is 5.56 Å². The summed E-state index contributed by atoms with van der Waals surface area (Å²) in [5, 5.41) is 10.9. The van der Waals surface area contributed by atoms with Crippen LogP contribution in [0.25, 0.3) is 0 Å². The Morgan fingerprint density at radius 2 is 1.29 bits per heavy atom. The number of nitrogens with zero attached hydrogens (tertiary/aromatic N) is 1. The fourth-order valence-electron chi connectivity index (χ4n) is 3.02. The molecule has 13 heteroatoms. The number of non-ortho nitro benzene ring substituents is 1.